The summed E-state index contributed by atoms with van der Waals surface area (Å²) in [5.41, 5.74) is 0.641. The normalized spacial score (nSPS) is 25.1. The first kappa shape index (κ1) is 12.3. The maximum Gasteiger partial charge on any atom is 0.128 e. The molecule has 0 radical (unpaired) electrons. The molecule has 2 atom stereocenters. The fourth-order valence-electron chi connectivity index (χ4n) is 2.34. The van der Waals surface area contributed by atoms with Gasteiger partial charge in [0.2, 0.25) is 0 Å². The smallest absolute Gasteiger partial charge is 0.128 e. The molecule has 1 aliphatic heterocycles. The average Bonchev–Trinajstić information content (AvgIpc) is 2.27. The van der Waals surface area contributed by atoms with Gasteiger partial charge in [-0.25, -0.2) is 8.78 Å². The van der Waals surface area contributed by atoms with E-state index in [0.29, 0.717) is 17.8 Å². The molecule has 0 amide bonds. The van der Waals surface area contributed by atoms with Crippen LogP contribution >= 0.6 is 0 Å². The number of benzene rings is 1. The molecule has 2 rings (SSSR count). The summed E-state index contributed by atoms with van der Waals surface area (Å²) >= 11 is 0. The fraction of sp³-hybridized carbons (Fsp3) is 0.538. The number of anilines is 1. The molecule has 0 saturated carbocycles. The highest BCUT2D eigenvalue weighted by Crippen LogP contribution is 2.23. The minimum absolute atomic E-state index is 0.299. The van der Waals surface area contributed by atoms with Crippen LogP contribution in [0.3, 0.4) is 0 Å². The molecule has 94 valence electrons. The van der Waals surface area contributed by atoms with Crippen LogP contribution in [0.15, 0.2) is 18.2 Å². The Morgan fingerprint density at radius 3 is 2.53 bits per heavy atom. The van der Waals surface area contributed by atoms with E-state index in [-0.39, 0.29) is 0 Å². The lowest BCUT2D eigenvalue weighted by molar-refractivity contribution is 0.401. The van der Waals surface area contributed by atoms with E-state index in [0.717, 1.165) is 25.6 Å². The Morgan fingerprint density at radius 1 is 1.29 bits per heavy atom. The maximum atomic E-state index is 13.2. The van der Waals surface area contributed by atoms with Crippen molar-refractivity contribution < 1.29 is 8.78 Å². The second-order valence-corrected chi connectivity index (χ2v) is 4.65. The standard InChI is InChI=1S/C13H18F2N2/c1-3-12-7-16-9(2)8-17(12)13-5-10(14)4-11(15)6-13/h4-6,9,12,16H,3,7-8H2,1-2H3. The minimum atomic E-state index is -0.513. The number of hydrogen-bond donors (Lipinski definition) is 1. The van der Waals surface area contributed by atoms with Gasteiger partial charge in [-0.05, 0) is 25.5 Å². The Morgan fingerprint density at radius 2 is 1.94 bits per heavy atom. The lowest BCUT2D eigenvalue weighted by Gasteiger charge is -2.40. The molecule has 1 saturated heterocycles. The number of nitrogens with zero attached hydrogens (tertiary/aromatic N) is 1. The third-order valence-corrected chi connectivity index (χ3v) is 3.26. The van der Waals surface area contributed by atoms with E-state index < -0.39 is 11.6 Å². The summed E-state index contributed by atoms with van der Waals surface area (Å²) in [4.78, 5) is 2.09. The van der Waals surface area contributed by atoms with Crippen LogP contribution in [0.2, 0.25) is 0 Å². The van der Waals surface area contributed by atoms with Crippen molar-refractivity contribution in [2.24, 2.45) is 0 Å². The van der Waals surface area contributed by atoms with Crippen molar-refractivity contribution in [2.75, 3.05) is 18.0 Å². The summed E-state index contributed by atoms with van der Waals surface area (Å²) < 4.78 is 26.5. The Kier molecular flexibility index (Phi) is 3.62. The van der Waals surface area contributed by atoms with E-state index >= 15 is 0 Å². The third-order valence-electron chi connectivity index (χ3n) is 3.26. The van der Waals surface area contributed by atoms with Crippen molar-refractivity contribution in [3.05, 3.63) is 29.8 Å². The van der Waals surface area contributed by atoms with E-state index in [4.69, 9.17) is 0 Å². The molecule has 1 aliphatic rings. The van der Waals surface area contributed by atoms with Gasteiger partial charge in [0.25, 0.3) is 0 Å². The molecule has 0 spiro atoms. The van der Waals surface area contributed by atoms with E-state index in [1.54, 1.807) is 0 Å². The summed E-state index contributed by atoms with van der Waals surface area (Å²) in [6.07, 6.45) is 0.956. The van der Waals surface area contributed by atoms with Crippen molar-refractivity contribution in [1.82, 2.24) is 5.32 Å². The molecule has 2 unspecified atom stereocenters. The second-order valence-electron chi connectivity index (χ2n) is 4.65. The van der Waals surface area contributed by atoms with Crippen molar-refractivity contribution in [2.45, 2.75) is 32.4 Å². The van der Waals surface area contributed by atoms with Gasteiger partial charge in [-0.3, -0.25) is 0 Å². The van der Waals surface area contributed by atoms with E-state index in [1.165, 1.54) is 12.1 Å². The summed E-state index contributed by atoms with van der Waals surface area (Å²) in [6.45, 7) is 5.80. The van der Waals surface area contributed by atoms with Crippen LogP contribution in [-0.4, -0.2) is 25.2 Å². The number of piperazine rings is 1. The topological polar surface area (TPSA) is 15.3 Å². The molecule has 1 aromatic carbocycles. The first-order chi connectivity index (χ1) is 8.10. The molecule has 1 N–H and O–H groups in total. The van der Waals surface area contributed by atoms with Crippen molar-refractivity contribution >= 4 is 5.69 Å². The summed E-state index contributed by atoms with van der Waals surface area (Å²) in [5.74, 6) is -1.03. The summed E-state index contributed by atoms with van der Waals surface area (Å²) in [7, 11) is 0. The van der Waals surface area contributed by atoms with Gasteiger partial charge in [0.15, 0.2) is 0 Å². The highest BCUT2D eigenvalue weighted by molar-refractivity contribution is 5.48. The van der Waals surface area contributed by atoms with Crippen LogP contribution in [-0.2, 0) is 0 Å². The van der Waals surface area contributed by atoms with Crippen LogP contribution in [0.25, 0.3) is 0 Å². The van der Waals surface area contributed by atoms with E-state index in [1.807, 2.05) is 0 Å². The zero-order valence-electron chi connectivity index (χ0n) is 10.2. The number of hydrogen-bond acceptors (Lipinski definition) is 2. The van der Waals surface area contributed by atoms with Gasteiger partial charge < -0.3 is 10.2 Å². The predicted molar refractivity (Wildman–Crippen MR) is 65.2 cm³/mol. The first-order valence-electron chi connectivity index (χ1n) is 6.06. The Labute approximate surface area is 101 Å². The Bertz CT molecular complexity index is 375. The van der Waals surface area contributed by atoms with Crippen LogP contribution in [0.1, 0.15) is 20.3 Å². The first-order valence-corrected chi connectivity index (χ1v) is 6.06. The molecule has 1 aromatic rings. The molecule has 17 heavy (non-hydrogen) atoms. The zero-order valence-corrected chi connectivity index (χ0v) is 10.2. The van der Waals surface area contributed by atoms with Gasteiger partial charge in [-0.1, -0.05) is 6.92 Å². The molecule has 0 aromatic heterocycles. The third kappa shape index (κ3) is 2.75. The lowest BCUT2D eigenvalue weighted by atomic mass is 10.1. The predicted octanol–water partition coefficient (Wildman–Crippen LogP) is 2.54. The Hall–Kier alpha value is -1.16. The number of nitrogens with one attached hydrogen (secondary N) is 1. The lowest BCUT2D eigenvalue weighted by Crippen LogP contribution is -2.55. The van der Waals surface area contributed by atoms with Crippen molar-refractivity contribution in [3.63, 3.8) is 0 Å². The van der Waals surface area contributed by atoms with Gasteiger partial charge in [0.1, 0.15) is 11.6 Å². The van der Waals surface area contributed by atoms with Gasteiger partial charge in [0.05, 0.1) is 0 Å². The van der Waals surface area contributed by atoms with Crippen LogP contribution < -0.4 is 10.2 Å². The summed E-state index contributed by atoms with van der Waals surface area (Å²) in [6, 6.07) is 4.36. The average molecular weight is 240 g/mol. The van der Waals surface area contributed by atoms with E-state index in [2.05, 4.69) is 24.1 Å². The maximum absolute atomic E-state index is 13.2. The van der Waals surface area contributed by atoms with Crippen LogP contribution in [0.4, 0.5) is 14.5 Å². The molecule has 2 nitrogen and oxygen atoms in total. The minimum Gasteiger partial charge on any atom is -0.366 e. The van der Waals surface area contributed by atoms with Crippen molar-refractivity contribution in [1.29, 1.82) is 0 Å². The molecule has 1 fully saturated rings. The fourth-order valence-corrected chi connectivity index (χ4v) is 2.34. The molecule has 1 heterocycles. The van der Waals surface area contributed by atoms with Crippen LogP contribution in [0, 0.1) is 11.6 Å². The zero-order chi connectivity index (χ0) is 12.4. The van der Waals surface area contributed by atoms with E-state index in [9.17, 15) is 8.78 Å². The number of rotatable bonds is 2. The second kappa shape index (κ2) is 5.00. The van der Waals surface area contributed by atoms with Gasteiger partial charge in [0, 0.05) is 36.9 Å². The van der Waals surface area contributed by atoms with Gasteiger partial charge >= 0.3 is 0 Å². The highest BCUT2D eigenvalue weighted by Gasteiger charge is 2.25. The van der Waals surface area contributed by atoms with Crippen molar-refractivity contribution in [3.8, 4) is 0 Å². The molecule has 4 heteroatoms. The SMILES string of the molecule is CCC1CNC(C)CN1c1cc(F)cc(F)c1. The van der Waals surface area contributed by atoms with Crippen LogP contribution in [0.5, 0.6) is 0 Å². The quantitative estimate of drug-likeness (QED) is 0.854. The molecule has 0 aliphatic carbocycles. The van der Waals surface area contributed by atoms with Gasteiger partial charge in [-0.15, -0.1) is 0 Å². The molecular weight excluding hydrogens is 222 g/mol. The van der Waals surface area contributed by atoms with Gasteiger partial charge in [-0.2, -0.15) is 0 Å². The molecule has 0 bridgehead atoms. The monoisotopic (exact) mass is 240 g/mol. The number of halogens is 2. The molecular formula is C13H18F2N2. The Balaban J connectivity index is 2.28. The summed E-state index contributed by atoms with van der Waals surface area (Å²) in [5, 5.41) is 3.38. The largest absolute Gasteiger partial charge is 0.366 e. The highest BCUT2D eigenvalue weighted by atomic mass is 19.1.